The Bertz CT molecular complexity index is 782. The van der Waals surface area contributed by atoms with Crippen molar-refractivity contribution in [2.45, 2.75) is 26.2 Å². The molecule has 2 N–H and O–H groups in total. The van der Waals surface area contributed by atoms with Gasteiger partial charge in [-0.2, -0.15) is 0 Å². The highest BCUT2D eigenvalue weighted by Crippen LogP contribution is 2.35. The summed E-state index contributed by atoms with van der Waals surface area (Å²) in [5.74, 6) is -2.82. The summed E-state index contributed by atoms with van der Waals surface area (Å²) in [6.45, 7) is 7.42. The Hall–Kier alpha value is -2.73. The molecule has 12 heteroatoms. The van der Waals surface area contributed by atoms with Gasteiger partial charge in [0.25, 0.3) is 0 Å². The van der Waals surface area contributed by atoms with Gasteiger partial charge in [-0.25, -0.2) is 9.59 Å². The standard InChI is InChI=1S/C17H26N4O4.C2H2O4/c1-13-18-19-16(25-13)21-6-8-24-12-17(11-21)4-2-5-20(10-17)15(22)14-3-7-23-9-14;3-1(4)2(5)6/h14H,2-12H2,1H3;(H,3,4)(H,5,6). The molecule has 3 aliphatic rings. The molecule has 4 heterocycles. The molecule has 2 atom stereocenters. The molecular formula is C19H28N4O8. The zero-order valence-electron chi connectivity index (χ0n) is 17.5. The predicted molar refractivity (Wildman–Crippen MR) is 105 cm³/mol. The second-order valence-electron chi connectivity index (χ2n) is 8.11. The molecule has 0 saturated carbocycles. The fraction of sp³-hybridized carbons (Fsp3) is 0.737. The molecule has 3 fully saturated rings. The number of carbonyl (C=O) groups excluding carboxylic acids is 1. The first kappa shape index (κ1) is 22.9. The summed E-state index contributed by atoms with van der Waals surface area (Å²) in [6, 6.07) is 0.551. The van der Waals surface area contributed by atoms with Crippen molar-refractivity contribution < 1.29 is 38.5 Å². The number of nitrogens with zero attached hydrogens (tertiary/aromatic N) is 4. The van der Waals surface area contributed by atoms with E-state index in [1.165, 1.54) is 0 Å². The average molecular weight is 440 g/mol. The van der Waals surface area contributed by atoms with Crippen LogP contribution in [0.15, 0.2) is 4.42 Å². The number of rotatable bonds is 2. The molecule has 3 saturated heterocycles. The molecule has 31 heavy (non-hydrogen) atoms. The third kappa shape index (κ3) is 5.91. The first-order chi connectivity index (χ1) is 14.8. The molecule has 0 aromatic carbocycles. The fourth-order valence-electron chi connectivity index (χ4n) is 4.20. The maximum atomic E-state index is 12.8. The van der Waals surface area contributed by atoms with E-state index in [2.05, 4.69) is 15.1 Å². The molecule has 1 amide bonds. The van der Waals surface area contributed by atoms with Crippen LogP contribution >= 0.6 is 0 Å². The van der Waals surface area contributed by atoms with E-state index in [-0.39, 0.29) is 17.2 Å². The summed E-state index contributed by atoms with van der Waals surface area (Å²) in [5.41, 5.74) is -0.0771. The molecule has 0 bridgehead atoms. The minimum absolute atomic E-state index is 0.0246. The van der Waals surface area contributed by atoms with Gasteiger partial charge >= 0.3 is 18.0 Å². The third-order valence-electron chi connectivity index (χ3n) is 5.66. The smallest absolute Gasteiger partial charge is 0.414 e. The number of amides is 1. The Balaban J connectivity index is 0.000000401. The predicted octanol–water partition coefficient (Wildman–Crippen LogP) is 0.0155. The summed E-state index contributed by atoms with van der Waals surface area (Å²) < 4.78 is 16.9. The van der Waals surface area contributed by atoms with Gasteiger partial charge in [-0.05, 0) is 19.3 Å². The minimum Gasteiger partial charge on any atom is -0.473 e. The van der Waals surface area contributed by atoms with Gasteiger partial charge in [0, 0.05) is 45.1 Å². The van der Waals surface area contributed by atoms with Gasteiger partial charge in [0.05, 0.1) is 25.7 Å². The Morgan fingerprint density at radius 1 is 1.06 bits per heavy atom. The van der Waals surface area contributed by atoms with E-state index in [1.807, 2.05) is 4.90 Å². The molecule has 4 rings (SSSR count). The van der Waals surface area contributed by atoms with E-state index in [0.717, 1.165) is 45.4 Å². The number of aromatic nitrogens is 2. The molecule has 12 nitrogen and oxygen atoms in total. The van der Waals surface area contributed by atoms with Gasteiger partial charge in [0.1, 0.15) is 0 Å². The molecule has 0 aliphatic carbocycles. The number of carbonyl (C=O) groups is 3. The maximum Gasteiger partial charge on any atom is 0.414 e. The highest BCUT2D eigenvalue weighted by Gasteiger charge is 2.42. The lowest BCUT2D eigenvalue weighted by Crippen LogP contribution is -2.53. The van der Waals surface area contributed by atoms with Crippen LogP contribution < -0.4 is 4.90 Å². The molecule has 1 aromatic rings. The summed E-state index contributed by atoms with van der Waals surface area (Å²) in [4.78, 5) is 35.2. The first-order valence-electron chi connectivity index (χ1n) is 10.3. The number of carboxylic acids is 2. The lowest BCUT2D eigenvalue weighted by Gasteiger charge is -2.43. The summed E-state index contributed by atoms with van der Waals surface area (Å²) >= 11 is 0. The van der Waals surface area contributed by atoms with Gasteiger partial charge < -0.3 is 33.9 Å². The van der Waals surface area contributed by atoms with E-state index in [9.17, 15) is 4.79 Å². The lowest BCUT2D eigenvalue weighted by molar-refractivity contribution is -0.159. The van der Waals surface area contributed by atoms with Crippen LogP contribution in [0.4, 0.5) is 6.01 Å². The average Bonchev–Trinajstić information content (AvgIpc) is 3.38. The summed E-state index contributed by atoms with van der Waals surface area (Å²) in [7, 11) is 0. The number of aryl methyl sites for hydroxylation is 1. The number of hydrogen-bond acceptors (Lipinski definition) is 9. The zero-order chi connectivity index (χ0) is 22.4. The van der Waals surface area contributed by atoms with Gasteiger partial charge in [-0.15, -0.1) is 5.10 Å². The molecule has 172 valence electrons. The van der Waals surface area contributed by atoms with E-state index < -0.39 is 11.9 Å². The van der Waals surface area contributed by atoms with E-state index in [1.54, 1.807) is 6.92 Å². The van der Waals surface area contributed by atoms with Crippen LogP contribution in [0.2, 0.25) is 0 Å². The number of hydrogen-bond donors (Lipinski definition) is 2. The van der Waals surface area contributed by atoms with Crippen molar-refractivity contribution in [3.05, 3.63) is 5.89 Å². The van der Waals surface area contributed by atoms with Gasteiger partial charge in [0.2, 0.25) is 11.8 Å². The second kappa shape index (κ2) is 10.1. The number of anilines is 1. The summed E-state index contributed by atoms with van der Waals surface area (Å²) in [6.07, 6.45) is 2.88. The first-order valence-corrected chi connectivity index (χ1v) is 10.3. The summed E-state index contributed by atoms with van der Waals surface area (Å²) in [5, 5.41) is 22.9. The molecular weight excluding hydrogens is 412 g/mol. The Kier molecular flexibility index (Phi) is 7.44. The van der Waals surface area contributed by atoms with Gasteiger partial charge in [-0.3, -0.25) is 4.79 Å². The molecule has 2 unspecified atom stereocenters. The number of aliphatic carboxylic acids is 2. The van der Waals surface area contributed by atoms with Crippen LogP contribution in [0, 0.1) is 18.3 Å². The number of carboxylic acid groups (broad SMARTS) is 2. The number of ether oxygens (including phenoxy) is 2. The monoisotopic (exact) mass is 440 g/mol. The van der Waals surface area contributed by atoms with Crippen molar-refractivity contribution in [3.63, 3.8) is 0 Å². The van der Waals surface area contributed by atoms with Crippen molar-refractivity contribution >= 4 is 23.9 Å². The molecule has 0 radical (unpaired) electrons. The highest BCUT2D eigenvalue weighted by molar-refractivity contribution is 6.27. The number of piperidine rings is 1. The van der Waals surface area contributed by atoms with Crippen LogP contribution in [0.25, 0.3) is 0 Å². The van der Waals surface area contributed by atoms with Crippen molar-refractivity contribution in [1.29, 1.82) is 0 Å². The van der Waals surface area contributed by atoms with Crippen molar-refractivity contribution in [2.24, 2.45) is 11.3 Å². The van der Waals surface area contributed by atoms with Crippen molar-refractivity contribution in [3.8, 4) is 0 Å². The Morgan fingerprint density at radius 2 is 1.84 bits per heavy atom. The van der Waals surface area contributed by atoms with Crippen molar-refractivity contribution in [2.75, 3.05) is 57.5 Å². The van der Waals surface area contributed by atoms with Crippen LogP contribution in [0.1, 0.15) is 25.2 Å². The van der Waals surface area contributed by atoms with Crippen LogP contribution in [-0.4, -0.2) is 95.8 Å². The Morgan fingerprint density at radius 3 is 2.45 bits per heavy atom. The van der Waals surface area contributed by atoms with Gasteiger partial charge in [0.15, 0.2) is 0 Å². The lowest BCUT2D eigenvalue weighted by atomic mass is 9.79. The van der Waals surface area contributed by atoms with Crippen LogP contribution in [0.3, 0.4) is 0 Å². The minimum atomic E-state index is -1.82. The third-order valence-corrected chi connectivity index (χ3v) is 5.66. The topological polar surface area (TPSA) is 156 Å². The quantitative estimate of drug-likeness (QED) is 0.598. The van der Waals surface area contributed by atoms with E-state index in [0.29, 0.717) is 38.3 Å². The second-order valence-corrected chi connectivity index (χ2v) is 8.11. The van der Waals surface area contributed by atoms with E-state index in [4.69, 9.17) is 33.7 Å². The SMILES string of the molecule is Cc1nnc(N2CCOCC3(CCCN(C(=O)C4CCOC4)C3)C2)o1.O=C(O)C(=O)O. The highest BCUT2D eigenvalue weighted by atomic mass is 16.5. The van der Waals surface area contributed by atoms with Gasteiger partial charge in [-0.1, -0.05) is 5.10 Å². The molecule has 1 spiro atoms. The van der Waals surface area contributed by atoms with E-state index >= 15 is 0 Å². The normalized spacial score (nSPS) is 26.2. The molecule has 3 aliphatic heterocycles. The Labute approximate surface area is 179 Å². The largest absolute Gasteiger partial charge is 0.473 e. The maximum absolute atomic E-state index is 12.8. The zero-order valence-corrected chi connectivity index (χ0v) is 17.5. The van der Waals surface area contributed by atoms with Crippen LogP contribution in [-0.2, 0) is 23.9 Å². The van der Waals surface area contributed by atoms with Crippen molar-refractivity contribution in [1.82, 2.24) is 15.1 Å². The number of likely N-dealkylation sites (tertiary alicyclic amines) is 1. The van der Waals surface area contributed by atoms with Crippen LogP contribution in [0.5, 0.6) is 0 Å². The fourth-order valence-corrected chi connectivity index (χ4v) is 4.20. The molecule has 1 aromatic heterocycles.